The highest BCUT2D eigenvalue weighted by Gasteiger charge is 2.26. The van der Waals surface area contributed by atoms with Gasteiger partial charge in [-0.2, -0.15) is 0 Å². The van der Waals surface area contributed by atoms with Crippen LogP contribution in [0.25, 0.3) is 0 Å². The van der Waals surface area contributed by atoms with Crippen LogP contribution < -0.4 is 14.9 Å². The molecular formula is C24H32FN3O4S. The normalized spacial score (nSPS) is 18.9. The second-order valence-corrected chi connectivity index (χ2v) is 10.9. The van der Waals surface area contributed by atoms with Gasteiger partial charge in [0.25, 0.3) is 5.91 Å². The minimum absolute atomic E-state index is 0.0499. The van der Waals surface area contributed by atoms with Crippen molar-refractivity contribution in [3.63, 3.8) is 0 Å². The van der Waals surface area contributed by atoms with Gasteiger partial charge in [-0.3, -0.25) is 9.52 Å². The summed E-state index contributed by atoms with van der Waals surface area (Å²) in [4.78, 5) is 14.8. The van der Waals surface area contributed by atoms with Crippen molar-refractivity contribution in [2.45, 2.75) is 58.5 Å². The number of nitrogens with zero attached hydrogens (tertiary/aromatic N) is 1. The van der Waals surface area contributed by atoms with Gasteiger partial charge in [-0.15, -0.1) is 0 Å². The van der Waals surface area contributed by atoms with E-state index in [-0.39, 0.29) is 17.9 Å². The lowest BCUT2D eigenvalue weighted by molar-refractivity contribution is -0.00528. The maximum Gasteiger partial charge on any atom is 0.255 e. The number of nitrogens with one attached hydrogen (secondary N) is 2. The summed E-state index contributed by atoms with van der Waals surface area (Å²) in [6.07, 6.45) is 0.582. The van der Waals surface area contributed by atoms with E-state index in [2.05, 4.69) is 14.9 Å². The molecular weight excluding hydrogens is 445 g/mol. The van der Waals surface area contributed by atoms with Crippen molar-refractivity contribution in [2.75, 3.05) is 28.0 Å². The third kappa shape index (κ3) is 5.83. The van der Waals surface area contributed by atoms with E-state index in [1.54, 1.807) is 19.9 Å². The lowest BCUT2D eigenvalue weighted by atomic mass is 10.0. The molecule has 2 N–H and O–H groups in total. The van der Waals surface area contributed by atoms with Crippen LogP contribution in [0.4, 0.5) is 21.5 Å². The number of benzene rings is 2. The summed E-state index contributed by atoms with van der Waals surface area (Å²) in [5, 5.41) is 2.06. The maximum atomic E-state index is 15.3. The van der Waals surface area contributed by atoms with Crippen molar-refractivity contribution >= 4 is 33.0 Å². The van der Waals surface area contributed by atoms with Gasteiger partial charge < -0.3 is 15.0 Å². The zero-order chi connectivity index (χ0) is 24.3. The van der Waals surface area contributed by atoms with Gasteiger partial charge >= 0.3 is 0 Å². The van der Waals surface area contributed by atoms with Crippen LogP contribution in [-0.2, 0) is 21.2 Å². The second-order valence-electron chi connectivity index (χ2n) is 8.67. The Morgan fingerprint density at radius 2 is 1.73 bits per heavy atom. The third-order valence-corrected chi connectivity index (χ3v) is 7.37. The SMILES string of the molecule is CCc1c(N2CC(C)O[C@@H](C)C2)ccc(NC(=O)c2ccc(NS(=O)(=O)C(C)C)cc2)c1F. The molecule has 0 aliphatic carbocycles. The molecule has 1 unspecified atom stereocenters. The number of ether oxygens (including phenoxy) is 1. The van der Waals surface area contributed by atoms with Crippen LogP contribution >= 0.6 is 0 Å². The smallest absolute Gasteiger partial charge is 0.255 e. The maximum absolute atomic E-state index is 15.3. The molecule has 1 aliphatic heterocycles. The fourth-order valence-electron chi connectivity index (χ4n) is 3.88. The summed E-state index contributed by atoms with van der Waals surface area (Å²) in [6.45, 7) is 10.4. The molecule has 0 bridgehead atoms. The highest BCUT2D eigenvalue weighted by molar-refractivity contribution is 7.93. The van der Waals surface area contributed by atoms with Crippen LogP contribution in [0.1, 0.15) is 50.5 Å². The Hall–Kier alpha value is -2.65. The topological polar surface area (TPSA) is 87.7 Å². The number of sulfonamides is 1. The van der Waals surface area contributed by atoms with E-state index in [1.807, 2.05) is 26.8 Å². The monoisotopic (exact) mass is 477 g/mol. The van der Waals surface area contributed by atoms with Gasteiger partial charge in [-0.25, -0.2) is 12.8 Å². The molecule has 0 radical (unpaired) electrons. The van der Waals surface area contributed by atoms with Crippen molar-refractivity contribution in [3.05, 3.63) is 53.3 Å². The number of hydrogen-bond acceptors (Lipinski definition) is 5. The number of amides is 1. The summed E-state index contributed by atoms with van der Waals surface area (Å²) in [5.74, 6) is -0.924. The summed E-state index contributed by atoms with van der Waals surface area (Å²) in [6, 6.07) is 9.43. The van der Waals surface area contributed by atoms with E-state index in [1.165, 1.54) is 24.3 Å². The molecule has 0 aromatic heterocycles. The molecule has 1 aliphatic rings. The zero-order valence-electron chi connectivity index (χ0n) is 19.7. The molecule has 0 saturated carbocycles. The van der Waals surface area contributed by atoms with Crippen LogP contribution in [0.15, 0.2) is 36.4 Å². The van der Waals surface area contributed by atoms with Crippen molar-refractivity contribution in [3.8, 4) is 0 Å². The summed E-state index contributed by atoms with van der Waals surface area (Å²) in [7, 11) is -3.48. The minimum Gasteiger partial charge on any atom is -0.372 e. The van der Waals surface area contributed by atoms with Gasteiger partial charge in [0.1, 0.15) is 0 Å². The largest absolute Gasteiger partial charge is 0.372 e. The van der Waals surface area contributed by atoms with Crippen molar-refractivity contribution in [1.82, 2.24) is 0 Å². The predicted molar refractivity (Wildman–Crippen MR) is 130 cm³/mol. The van der Waals surface area contributed by atoms with Crippen LogP contribution in [0.3, 0.4) is 0 Å². The molecule has 2 aromatic rings. The van der Waals surface area contributed by atoms with Gasteiger partial charge in [0, 0.05) is 35.6 Å². The Bertz CT molecular complexity index is 1090. The molecule has 1 amide bonds. The molecule has 1 fully saturated rings. The first-order chi connectivity index (χ1) is 15.5. The minimum atomic E-state index is -3.48. The second kappa shape index (κ2) is 10.1. The molecule has 180 valence electrons. The standard InChI is InChI=1S/C24H32FN3O4S/c1-6-20-22(28-13-16(4)32-17(5)14-28)12-11-21(23(20)25)26-24(29)18-7-9-19(10-8-18)27-33(30,31)15(2)3/h7-12,15-17,27H,6,13-14H2,1-5H3,(H,26,29)/t16-,17?/m0/s1. The molecule has 2 aromatic carbocycles. The lowest BCUT2D eigenvalue weighted by Crippen LogP contribution is -2.46. The Kier molecular flexibility index (Phi) is 7.64. The first-order valence-electron chi connectivity index (χ1n) is 11.2. The fourth-order valence-corrected chi connectivity index (χ4v) is 4.58. The highest BCUT2D eigenvalue weighted by atomic mass is 32.2. The van der Waals surface area contributed by atoms with Crippen LogP contribution in [0.5, 0.6) is 0 Å². The number of rotatable bonds is 7. The number of carbonyl (C=O) groups is 1. The molecule has 33 heavy (non-hydrogen) atoms. The molecule has 9 heteroatoms. The van der Waals surface area contributed by atoms with Gasteiger partial charge in [-0.1, -0.05) is 6.92 Å². The molecule has 7 nitrogen and oxygen atoms in total. The Balaban J connectivity index is 1.77. The van der Waals surface area contributed by atoms with E-state index >= 15 is 4.39 Å². The summed E-state index contributed by atoms with van der Waals surface area (Å²) >= 11 is 0. The summed E-state index contributed by atoms with van der Waals surface area (Å²) in [5.41, 5.74) is 2.13. The zero-order valence-corrected chi connectivity index (χ0v) is 20.5. The number of hydrogen-bond donors (Lipinski definition) is 2. The summed E-state index contributed by atoms with van der Waals surface area (Å²) < 4.78 is 47.6. The van der Waals surface area contributed by atoms with Crippen molar-refractivity contribution in [1.29, 1.82) is 0 Å². The lowest BCUT2D eigenvalue weighted by Gasteiger charge is -2.38. The van der Waals surface area contributed by atoms with E-state index in [4.69, 9.17) is 4.74 Å². The number of morpholine rings is 1. The van der Waals surface area contributed by atoms with Crippen LogP contribution in [0, 0.1) is 5.82 Å². The van der Waals surface area contributed by atoms with Gasteiger partial charge in [-0.05, 0) is 70.5 Å². The van der Waals surface area contributed by atoms with E-state index in [9.17, 15) is 13.2 Å². The van der Waals surface area contributed by atoms with Crippen LogP contribution in [0.2, 0.25) is 0 Å². The molecule has 2 atom stereocenters. The predicted octanol–water partition coefficient (Wildman–Crippen LogP) is 4.40. The van der Waals surface area contributed by atoms with Gasteiger partial charge in [0.05, 0.1) is 23.1 Å². The Labute approximate surface area is 195 Å². The average molecular weight is 478 g/mol. The van der Waals surface area contributed by atoms with E-state index in [0.717, 1.165) is 5.69 Å². The van der Waals surface area contributed by atoms with E-state index in [0.29, 0.717) is 36.3 Å². The van der Waals surface area contributed by atoms with Crippen LogP contribution in [-0.4, -0.2) is 44.9 Å². The molecule has 0 spiro atoms. The molecule has 1 heterocycles. The third-order valence-electron chi connectivity index (χ3n) is 5.61. The van der Waals surface area contributed by atoms with E-state index < -0.39 is 27.0 Å². The fraction of sp³-hybridized carbons (Fsp3) is 0.458. The van der Waals surface area contributed by atoms with Gasteiger partial charge in [0.15, 0.2) is 5.82 Å². The number of anilines is 3. The average Bonchev–Trinajstić information content (AvgIpc) is 2.74. The van der Waals surface area contributed by atoms with Crippen molar-refractivity contribution in [2.24, 2.45) is 0 Å². The van der Waals surface area contributed by atoms with Crippen molar-refractivity contribution < 1.29 is 22.3 Å². The number of carbonyl (C=O) groups excluding carboxylic acids is 1. The molecule has 3 rings (SSSR count). The first-order valence-corrected chi connectivity index (χ1v) is 12.7. The molecule has 1 saturated heterocycles. The Morgan fingerprint density at radius 3 is 2.27 bits per heavy atom. The Morgan fingerprint density at radius 1 is 1.12 bits per heavy atom. The van der Waals surface area contributed by atoms with Gasteiger partial charge in [0.2, 0.25) is 10.0 Å². The number of halogens is 1. The highest BCUT2D eigenvalue weighted by Crippen LogP contribution is 2.31. The quantitative estimate of drug-likeness (QED) is 0.617. The first kappa shape index (κ1) is 25.0.